The van der Waals surface area contributed by atoms with Gasteiger partial charge < -0.3 is 4.90 Å². The van der Waals surface area contributed by atoms with E-state index in [0.717, 1.165) is 0 Å². The lowest BCUT2D eigenvalue weighted by Crippen LogP contribution is -2.27. The van der Waals surface area contributed by atoms with Crippen LogP contribution in [-0.4, -0.2) is 33.0 Å². The van der Waals surface area contributed by atoms with Crippen LogP contribution in [0, 0.1) is 3.57 Å². The molecular formula is C11H9Cl2IN4O. The molecule has 2 aromatic rings. The molecule has 1 N–H and O–H groups in total. The van der Waals surface area contributed by atoms with Crippen LogP contribution in [0.5, 0.6) is 0 Å². The highest BCUT2D eigenvalue weighted by atomic mass is 127. The SMILES string of the molecule is CN(Cc1ncn[nH]1)C(=O)c1cc(Cl)cc(Cl)c1I. The van der Waals surface area contributed by atoms with Crippen molar-refractivity contribution < 1.29 is 4.79 Å². The minimum atomic E-state index is -0.176. The van der Waals surface area contributed by atoms with E-state index in [-0.39, 0.29) is 5.91 Å². The van der Waals surface area contributed by atoms with E-state index in [4.69, 9.17) is 23.2 Å². The molecule has 8 heteroatoms. The first-order chi connectivity index (χ1) is 8.99. The van der Waals surface area contributed by atoms with Crippen molar-refractivity contribution in [3.05, 3.63) is 43.5 Å². The third-order valence-electron chi connectivity index (χ3n) is 2.42. The van der Waals surface area contributed by atoms with E-state index in [1.54, 1.807) is 19.2 Å². The van der Waals surface area contributed by atoms with Gasteiger partial charge in [0.15, 0.2) is 0 Å². The molecule has 0 aliphatic carbocycles. The van der Waals surface area contributed by atoms with Crippen LogP contribution in [0.3, 0.4) is 0 Å². The molecule has 0 aliphatic heterocycles. The Morgan fingerprint density at radius 1 is 1.47 bits per heavy atom. The lowest BCUT2D eigenvalue weighted by Gasteiger charge is -2.17. The van der Waals surface area contributed by atoms with Crippen LogP contribution in [-0.2, 0) is 6.54 Å². The van der Waals surface area contributed by atoms with E-state index < -0.39 is 0 Å². The molecule has 1 aromatic heterocycles. The van der Waals surface area contributed by atoms with E-state index in [9.17, 15) is 4.79 Å². The van der Waals surface area contributed by atoms with E-state index in [0.29, 0.717) is 31.5 Å². The van der Waals surface area contributed by atoms with E-state index in [1.165, 1.54) is 11.2 Å². The highest BCUT2D eigenvalue weighted by molar-refractivity contribution is 14.1. The summed E-state index contributed by atoms with van der Waals surface area (Å²) >= 11 is 14.0. The molecule has 0 saturated heterocycles. The van der Waals surface area contributed by atoms with Crippen molar-refractivity contribution in [1.82, 2.24) is 20.1 Å². The zero-order chi connectivity index (χ0) is 14.0. The smallest absolute Gasteiger partial charge is 0.255 e. The maximum Gasteiger partial charge on any atom is 0.255 e. The second-order valence-electron chi connectivity index (χ2n) is 3.84. The Kier molecular flexibility index (Phi) is 4.64. The summed E-state index contributed by atoms with van der Waals surface area (Å²) in [5.41, 5.74) is 0.472. The van der Waals surface area contributed by atoms with Crippen LogP contribution < -0.4 is 0 Å². The van der Waals surface area contributed by atoms with Gasteiger partial charge >= 0.3 is 0 Å². The summed E-state index contributed by atoms with van der Waals surface area (Å²) in [5, 5.41) is 7.33. The van der Waals surface area contributed by atoms with Crippen molar-refractivity contribution in [2.24, 2.45) is 0 Å². The second kappa shape index (κ2) is 6.06. The average molecular weight is 411 g/mol. The lowest BCUT2D eigenvalue weighted by molar-refractivity contribution is 0.0780. The standard InChI is InChI=1S/C11H9Cl2IN4O/c1-18(4-9-15-5-16-17-9)11(19)7-2-6(12)3-8(13)10(7)14/h2-3,5H,4H2,1H3,(H,15,16,17). The van der Waals surface area contributed by atoms with Crippen LogP contribution in [0.25, 0.3) is 0 Å². The molecule has 0 aliphatic rings. The van der Waals surface area contributed by atoms with Crippen LogP contribution in [0.4, 0.5) is 0 Å². The van der Waals surface area contributed by atoms with Gasteiger partial charge in [0.05, 0.1) is 17.1 Å². The fourth-order valence-electron chi connectivity index (χ4n) is 1.52. The number of hydrogen-bond acceptors (Lipinski definition) is 3. The zero-order valence-electron chi connectivity index (χ0n) is 9.82. The number of carbonyl (C=O) groups excluding carboxylic acids is 1. The molecule has 19 heavy (non-hydrogen) atoms. The van der Waals surface area contributed by atoms with Crippen molar-refractivity contribution in [3.63, 3.8) is 0 Å². The van der Waals surface area contributed by atoms with Crippen LogP contribution in [0.15, 0.2) is 18.5 Å². The van der Waals surface area contributed by atoms with Crippen molar-refractivity contribution >= 4 is 51.7 Å². The highest BCUT2D eigenvalue weighted by Crippen LogP contribution is 2.27. The summed E-state index contributed by atoms with van der Waals surface area (Å²) in [5.74, 6) is 0.434. The van der Waals surface area contributed by atoms with Gasteiger partial charge in [0.25, 0.3) is 5.91 Å². The number of halogens is 3. The first-order valence-corrected chi connectivity index (χ1v) is 7.06. The Labute approximate surface area is 133 Å². The molecule has 1 heterocycles. The second-order valence-corrected chi connectivity index (χ2v) is 5.76. The number of aromatic amines is 1. The predicted octanol–water partition coefficient (Wildman–Crippen LogP) is 2.99. The van der Waals surface area contributed by atoms with Gasteiger partial charge in [-0.05, 0) is 34.7 Å². The van der Waals surface area contributed by atoms with Crippen LogP contribution >= 0.6 is 45.8 Å². The van der Waals surface area contributed by atoms with Gasteiger partial charge in [-0.1, -0.05) is 23.2 Å². The predicted molar refractivity (Wildman–Crippen MR) is 81.4 cm³/mol. The molecule has 1 amide bonds. The summed E-state index contributed by atoms with van der Waals surface area (Å²) in [6.45, 7) is 0.332. The Hall–Kier alpha value is -0.860. The summed E-state index contributed by atoms with van der Waals surface area (Å²) in [4.78, 5) is 17.8. The van der Waals surface area contributed by atoms with Crippen LogP contribution in [0.1, 0.15) is 16.2 Å². The molecule has 0 fully saturated rings. The molecule has 0 saturated carbocycles. The summed E-state index contributed by atoms with van der Waals surface area (Å²) in [6.07, 6.45) is 1.40. The van der Waals surface area contributed by atoms with Gasteiger partial charge in [-0.25, -0.2) is 4.98 Å². The molecule has 5 nitrogen and oxygen atoms in total. The number of hydrogen-bond donors (Lipinski definition) is 1. The zero-order valence-corrected chi connectivity index (χ0v) is 13.5. The summed E-state index contributed by atoms with van der Waals surface area (Å²) in [6, 6.07) is 3.21. The van der Waals surface area contributed by atoms with Gasteiger partial charge in [-0.15, -0.1) is 0 Å². The Morgan fingerprint density at radius 3 is 2.84 bits per heavy atom. The summed E-state index contributed by atoms with van der Waals surface area (Å²) < 4.78 is 0.679. The molecule has 0 radical (unpaired) electrons. The van der Waals surface area contributed by atoms with Crippen molar-refractivity contribution in [2.75, 3.05) is 7.05 Å². The number of carbonyl (C=O) groups is 1. The normalized spacial score (nSPS) is 10.5. The Bertz CT molecular complexity index is 603. The van der Waals surface area contributed by atoms with Gasteiger partial charge in [0, 0.05) is 15.6 Å². The molecule has 100 valence electrons. The van der Waals surface area contributed by atoms with Gasteiger partial charge in [0.1, 0.15) is 12.2 Å². The Balaban J connectivity index is 2.24. The molecule has 0 atom stereocenters. The summed E-state index contributed by atoms with van der Waals surface area (Å²) in [7, 11) is 1.68. The Morgan fingerprint density at radius 2 is 2.21 bits per heavy atom. The van der Waals surface area contributed by atoms with E-state index in [1.807, 2.05) is 22.6 Å². The van der Waals surface area contributed by atoms with Crippen molar-refractivity contribution in [1.29, 1.82) is 0 Å². The fourth-order valence-corrected chi connectivity index (χ4v) is 2.56. The first-order valence-electron chi connectivity index (χ1n) is 5.23. The van der Waals surface area contributed by atoms with Crippen molar-refractivity contribution in [2.45, 2.75) is 6.54 Å². The minimum Gasteiger partial charge on any atom is -0.334 e. The largest absolute Gasteiger partial charge is 0.334 e. The number of aromatic nitrogens is 3. The van der Waals surface area contributed by atoms with E-state index in [2.05, 4.69) is 15.2 Å². The van der Waals surface area contributed by atoms with Gasteiger partial charge in [-0.3, -0.25) is 9.89 Å². The number of H-pyrrole nitrogens is 1. The third kappa shape index (κ3) is 3.37. The number of nitrogens with one attached hydrogen (secondary N) is 1. The molecule has 2 rings (SSSR count). The number of nitrogens with zero attached hydrogens (tertiary/aromatic N) is 3. The number of rotatable bonds is 3. The average Bonchev–Trinajstić information content (AvgIpc) is 2.85. The fraction of sp³-hybridized carbons (Fsp3) is 0.182. The quantitative estimate of drug-likeness (QED) is 0.625. The monoisotopic (exact) mass is 410 g/mol. The minimum absolute atomic E-state index is 0.176. The highest BCUT2D eigenvalue weighted by Gasteiger charge is 2.18. The molecule has 0 spiro atoms. The van der Waals surface area contributed by atoms with E-state index >= 15 is 0 Å². The topological polar surface area (TPSA) is 61.9 Å². The van der Waals surface area contributed by atoms with Gasteiger partial charge in [0.2, 0.25) is 0 Å². The van der Waals surface area contributed by atoms with Gasteiger partial charge in [-0.2, -0.15) is 5.10 Å². The molecule has 0 bridgehead atoms. The number of benzene rings is 1. The van der Waals surface area contributed by atoms with Crippen LogP contribution in [0.2, 0.25) is 10.0 Å². The molecule has 1 aromatic carbocycles. The maximum atomic E-state index is 12.3. The van der Waals surface area contributed by atoms with Crippen molar-refractivity contribution in [3.8, 4) is 0 Å². The first kappa shape index (κ1) is 14.5. The molecule has 0 unspecified atom stereocenters. The maximum absolute atomic E-state index is 12.3. The number of amides is 1. The lowest BCUT2D eigenvalue weighted by atomic mass is 10.2. The third-order valence-corrected chi connectivity index (χ3v) is 4.42. The molecular weight excluding hydrogens is 402 g/mol.